The lowest BCUT2D eigenvalue weighted by atomic mass is 10.1. The summed E-state index contributed by atoms with van der Waals surface area (Å²) in [6.45, 7) is 9.01. The summed E-state index contributed by atoms with van der Waals surface area (Å²) < 4.78 is 0. The van der Waals surface area contributed by atoms with Crippen LogP contribution in [-0.2, 0) is 0 Å². The molecule has 0 saturated carbocycles. The van der Waals surface area contributed by atoms with Crippen LogP contribution in [0.4, 0.5) is 11.4 Å². The molecule has 0 aliphatic heterocycles. The van der Waals surface area contributed by atoms with Crippen LogP contribution in [0.25, 0.3) is 0 Å². The quantitative estimate of drug-likeness (QED) is 0.336. The van der Waals surface area contributed by atoms with Gasteiger partial charge in [0.15, 0.2) is 6.29 Å². The van der Waals surface area contributed by atoms with Crippen molar-refractivity contribution < 1.29 is 9.72 Å². The van der Waals surface area contributed by atoms with Crippen LogP contribution < -0.4 is 4.90 Å². The largest absolute Gasteiger partial charge is 0.367 e. The number of aldehydes is 1. The van der Waals surface area contributed by atoms with E-state index in [9.17, 15) is 14.9 Å². The Morgan fingerprint density at radius 3 is 2.67 bits per heavy atom. The van der Waals surface area contributed by atoms with Gasteiger partial charge in [-0.2, -0.15) is 0 Å². The highest BCUT2D eigenvalue weighted by Gasteiger charge is 2.14. The van der Waals surface area contributed by atoms with Crippen molar-refractivity contribution in [3.63, 3.8) is 0 Å². The Bertz CT molecular complexity index is 483. The molecule has 0 N–H and O–H groups in total. The number of rotatable bonds is 6. The molecule has 1 aromatic rings. The van der Waals surface area contributed by atoms with E-state index in [1.165, 1.54) is 12.1 Å². The van der Waals surface area contributed by atoms with Gasteiger partial charge in [-0.25, -0.2) is 0 Å². The summed E-state index contributed by atoms with van der Waals surface area (Å²) >= 11 is 0. The summed E-state index contributed by atoms with van der Waals surface area (Å²) in [5, 5.41) is 10.7. The smallest absolute Gasteiger partial charge is 0.270 e. The fraction of sp³-hybridized carbons (Fsp3) is 0.308. The second-order valence-electron chi connectivity index (χ2n) is 4.09. The molecule has 96 valence electrons. The van der Waals surface area contributed by atoms with E-state index in [1.54, 1.807) is 6.07 Å². The third kappa shape index (κ3) is 3.16. The van der Waals surface area contributed by atoms with Gasteiger partial charge >= 0.3 is 0 Å². The first-order chi connectivity index (χ1) is 8.49. The topological polar surface area (TPSA) is 63.4 Å². The van der Waals surface area contributed by atoms with Gasteiger partial charge in [0, 0.05) is 36.5 Å². The van der Waals surface area contributed by atoms with Gasteiger partial charge in [-0.3, -0.25) is 14.9 Å². The molecule has 0 fully saturated rings. The molecule has 0 aromatic heterocycles. The van der Waals surface area contributed by atoms with Crippen LogP contribution in [-0.4, -0.2) is 24.3 Å². The lowest BCUT2D eigenvalue weighted by Gasteiger charge is -2.24. The Morgan fingerprint density at radius 2 is 2.22 bits per heavy atom. The zero-order valence-corrected chi connectivity index (χ0v) is 10.5. The van der Waals surface area contributed by atoms with Crippen molar-refractivity contribution in [3.05, 3.63) is 46.0 Å². The molecule has 1 aromatic carbocycles. The molecule has 1 rings (SSSR count). The van der Waals surface area contributed by atoms with Crippen LogP contribution >= 0.6 is 0 Å². The number of nitro groups is 1. The fourth-order valence-corrected chi connectivity index (χ4v) is 1.73. The number of nitro benzene ring substituents is 1. The molecule has 0 amide bonds. The highest BCUT2D eigenvalue weighted by Crippen LogP contribution is 2.24. The normalized spacial score (nSPS) is 9.89. The highest BCUT2D eigenvalue weighted by atomic mass is 16.6. The molecule has 0 heterocycles. The Kier molecular flexibility index (Phi) is 4.59. The van der Waals surface area contributed by atoms with E-state index in [1.807, 2.05) is 18.7 Å². The molecule has 0 atom stereocenters. The van der Waals surface area contributed by atoms with Crippen molar-refractivity contribution in [2.24, 2.45) is 0 Å². The van der Waals surface area contributed by atoms with E-state index < -0.39 is 4.92 Å². The average Bonchev–Trinajstić information content (AvgIpc) is 2.34. The maximum atomic E-state index is 11.0. The molecular weight excluding hydrogens is 232 g/mol. The van der Waals surface area contributed by atoms with Gasteiger partial charge in [-0.1, -0.05) is 12.2 Å². The molecule has 0 radical (unpaired) electrons. The van der Waals surface area contributed by atoms with E-state index in [0.29, 0.717) is 30.6 Å². The van der Waals surface area contributed by atoms with Crippen LogP contribution in [0.15, 0.2) is 30.4 Å². The van der Waals surface area contributed by atoms with E-state index in [4.69, 9.17) is 0 Å². The van der Waals surface area contributed by atoms with Crippen molar-refractivity contribution in [1.82, 2.24) is 0 Å². The number of nitrogens with zero attached hydrogens (tertiary/aromatic N) is 2. The van der Waals surface area contributed by atoms with Gasteiger partial charge < -0.3 is 4.90 Å². The van der Waals surface area contributed by atoms with Gasteiger partial charge in [-0.05, 0) is 19.9 Å². The third-order valence-corrected chi connectivity index (χ3v) is 2.53. The summed E-state index contributed by atoms with van der Waals surface area (Å²) in [5.74, 6) is 0. The number of carbonyl (C=O) groups is 1. The molecular formula is C13H16N2O3. The Balaban J connectivity index is 3.18. The second-order valence-corrected chi connectivity index (χ2v) is 4.09. The first kappa shape index (κ1) is 13.9. The molecule has 0 bridgehead atoms. The van der Waals surface area contributed by atoms with Crippen LogP contribution in [0.3, 0.4) is 0 Å². The van der Waals surface area contributed by atoms with Crippen molar-refractivity contribution in [3.8, 4) is 0 Å². The second kappa shape index (κ2) is 5.95. The third-order valence-electron chi connectivity index (χ3n) is 2.53. The first-order valence-electron chi connectivity index (χ1n) is 5.62. The van der Waals surface area contributed by atoms with E-state index in [-0.39, 0.29) is 5.69 Å². The van der Waals surface area contributed by atoms with Gasteiger partial charge in [0.2, 0.25) is 0 Å². The molecule has 0 spiro atoms. The minimum absolute atomic E-state index is 0.0766. The number of anilines is 1. The molecule has 18 heavy (non-hydrogen) atoms. The number of hydrogen-bond donors (Lipinski definition) is 0. The van der Waals surface area contributed by atoms with E-state index >= 15 is 0 Å². The molecule has 0 aliphatic rings. The average molecular weight is 248 g/mol. The van der Waals surface area contributed by atoms with Gasteiger partial charge in [0.25, 0.3) is 5.69 Å². The summed E-state index contributed by atoms with van der Waals surface area (Å²) in [6.07, 6.45) is 0.642. The van der Waals surface area contributed by atoms with Crippen LogP contribution in [0.2, 0.25) is 0 Å². The van der Waals surface area contributed by atoms with Gasteiger partial charge in [0.05, 0.1) is 4.92 Å². The van der Waals surface area contributed by atoms with Crippen LogP contribution in [0.1, 0.15) is 24.2 Å². The summed E-state index contributed by atoms with van der Waals surface area (Å²) in [4.78, 5) is 23.1. The fourth-order valence-electron chi connectivity index (χ4n) is 1.73. The van der Waals surface area contributed by atoms with E-state index in [0.717, 1.165) is 5.57 Å². The minimum Gasteiger partial charge on any atom is -0.367 e. The van der Waals surface area contributed by atoms with Crippen molar-refractivity contribution in [2.45, 2.75) is 13.8 Å². The van der Waals surface area contributed by atoms with Gasteiger partial charge in [-0.15, -0.1) is 0 Å². The Labute approximate surface area is 106 Å². The minimum atomic E-state index is -0.508. The maximum Gasteiger partial charge on any atom is 0.270 e. The predicted molar refractivity (Wildman–Crippen MR) is 71.2 cm³/mol. The predicted octanol–water partition coefficient (Wildman–Crippen LogP) is 2.81. The molecule has 0 unspecified atom stereocenters. The maximum absolute atomic E-state index is 11.0. The highest BCUT2D eigenvalue weighted by molar-refractivity contribution is 5.86. The number of benzene rings is 1. The van der Waals surface area contributed by atoms with Crippen molar-refractivity contribution >= 4 is 17.7 Å². The molecule has 0 aliphatic carbocycles. The van der Waals surface area contributed by atoms with Crippen LogP contribution in [0.5, 0.6) is 0 Å². The lowest BCUT2D eigenvalue weighted by molar-refractivity contribution is -0.384. The van der Waals surface area contributed by atoms with Crippen LogP contribution in [0, 0.1) is 10.1 Å². The first-order valence-corrected chi connectivity index (χ1v) is 5.62. The molecule has 5 nitrogen and oxygen atoms in total. The van der Waals surface area contributed by atoms with E-state index in [2.05, 4.69) is 6.58 Å². The number of likely N-dealkylation sites (N-methyl/N-ethyl adjacent to an activating group) is 1. The number of carbonyl (C=O) groups excluding carboxylic acids is 1. The standard InChI is InChI=1S/C13H16N2O3/c1-4-14(8-10(2)3)13-6-5-12(15(17)18)7-11(13)9-16/h5-7,9H,2,4,8H2,1,3H3. The zero-order chi connectivity index (χ0) is 13.7. The van der Waals surface area contributed by atoms with Crippen molar-refractivity contribution in [1.29, 1.82) is 0 Å². The zero-order valence-electron chi connectivity index (χ0n) is 10.5. The molecule has 0 saturated heterocycles. The number of hydrogen-bond acceptors (Lipinski definition) is 4. The lowest BCUT2D eigenvalue weighted by Crippen LogP contribution is -2.25. The monoisotopic (exact) mass is 248 g/mol. The summed E-state index contributed by atoms with van der Waals surface area (Å²) in [5.41, 5.74) is 1.91. The van der Waals surface area contributed by atoms with Crippen molar-refractivity contribution in [2.75, 3.05) is 18.0 Å². The molecule has 5 heteroatoms. The Hall–Kier alpha value is -2.17. The summed E-state index contributed by atoms with van der Waals surface area (Å²) in [6, 6.07) is 4.31. The number of non-ortho nitro benzene ring substituents is 1. The Morgan fingerprint density at radius 1 is 1.56 bits per heavy atom. The SMILES string of the molecule is C=C(C)CN(CC)c1ccc([N+](=O)[O-])cc1C=O. The van der Waals surface area contributed by atoms with Gasteiger partial charge in [0.1, 0.15) is 0 Å². The summed E-state index contributed by atoms with van der Waals surface area (Å²) in [7, 11) is 0.